The van der Waals surface area contributed by atoms with Gasteiger partial charge in [0.25, 0.3) is 0 Å². The summed E-state index contributed by atoms with van der Waals surface area (Å²) in [5, 5.41) is 0. The standard InChI is InChI=1S/C11H30O3Si3/c1-9-12-10-11(2)16(5,6)14-17(7,8)13-15(3)4/h11,15H,9-10H2,1-8H3/t11-/m0/s1. The lowest BCUT2D eigenvalue weighted by atomic mass is 10.5. The van der Waals surface area contributed by atoms with E-state index in [0.29, 0.717) is 5.54 Å². The Morgan fingerprint density at radius 3 is 2.06 bits per heavy atom. The summed E-state index contributed by atoms with van der Waals surface area (Å²) >= 11 is 0. The molecule has 6 heteroatoms. The Morgan fingerprint density at radius 2 is 1.65 bits per heavy atom. The van der Waals surface area contributed by atoms with E-state index in [1.807, 2.05) is 6.92 Å². The monoisotopic (exact) mass is 294 g/mol. The highest BCUT2D eigenvalue weighted by molar-refractivity contribution is 6.85. The van der Waals surface area contributed by atoms with E-state index in [1.54, 1.807) is 0 Å². The Hall–Kier alpha value is 0.531. The summed E-state index contributed by atoms with van der Waals surface area (Å²) in [4.78, 5) is 0. The van der Waals surface area contributed by atoms with Crippen LogP contribution in [0.2, 0.25) is 44.8 Å². The molecule has 0 spiro atoms. The van der Waals surface area contributed by atoms with Gasteiger partial charge in [-0.2, -0.15) is 0 Å². The van der Waals surface area contributed by atoms with E-state index >= 15 is 0 Å². The smallest absolute Gasteiger partial charge is 0.310 e. The van der Waals surface area contributed by atoms with E-state index in [-0.39, 0.29) is 0 Å². The molecule has 0 aromatic carbocycles. The highest BCUT2D eigenvalue weighted by Crippen LogP contribution is 2.27. The topological polar surface area (TPSA) is 27.7 Å². The van der Waals surface area contributed by atoms with Gasteiger partial charge in [-0.05, 0) is 51.7 Å². The van der Waals surface area contributed by atoms with Crippen molar-refractivity contribution in [2.75, 3.05) is 13.2 Å². The Balaban J connectivity index is 4.40. The lowest BCUT2D eigenvalue weighted by molar-refractivity contribution is 0.143. The molecule has 17 heavy (non-hydrogen) atoms. The summed E-state index contributed by atoms with van der Waals surface area (Å²) in [6, 6.07) is 0. The van der Waals surface area contributed by atoms with Crippen molar-refractivity contribution in [3.8, 4) is 0 Å². The van der Waals surface area contributed by atoms with Crippen molar-refractivity contribution in [3.05, 3.63) is 0 Å². The molecular formula is C11H30O3Si3. The molecule has 1 atom stereocenters. The summed E-state index contributed by atoms with van der Waals surface area (Å²) in [7, 11) is -4.66. The van der Waals surface area contributed by atoms with Crippen molar-refractivity contribution in [2.45, 2.75) is 58.7 Å². The number of hydrogen-bond acceptors (Lipinski definition) is 3. The lowest BCUT2D eigenvalue weighted by Crippen LogP contribution is -2.51. The fraction of sp³-hybridized carbons (Fsp3) is 1.00. The zero-order valence-corrected chi connectivity index (χ0v) is 15.9. The quantitative estimate of drug-likeness (QED) is 0.643. The van der Waals surface area contributed by atoms with E-state index in [9.17, 15) is 0 Å². The minimum atomic E-state index is -1.94. The van der Waals surface area contributed by atoms with Gasteiger partial charge in [0, 0.05) is 13.2 Å². The van der Waals surface area contributed by atoms with Crippen molar-refractivity contribution in [1.29, 1.82) is 0 Å². The molecular weight excluding hydrogens is 264 g/mol. The maximum atomic E-state index is 6.41. The normalized spacial score (nSPS) is 15.4. The highest BCUT2D eigenvalue weighted by atomic mass is 28.5. The predicted molar refractivity (Wildman–Crippen MR) is 81.9 cm³/mol. The molecule has 0 bridgehead atoms. The van der Waals surface area contributed by atoms with Crippen molar-refractivity contribution in [1.82, 2.24) is 0 Å². The molecule has 104 valence electrons. The van der Waals surface area contributed by atoms with Gasteiger partial charge in [0.2, 0.25) is 0 Å². The largest absolute Gasteiger partial charge is 0.440 e. The summed E-state index contributed by atoms with van der Waals surface area (Å²) in [5.41, 5.74) is 0.506. The van der Waals surface area contributed by atoms with Crippen LogP contribution < -0.4 is 0 Å². The van der Waals surface area contributed by atoms with Crippen LogP contribution in [0.25, 0.3) is 0 Å². The summed E-state index contributed by atoms with van der Waals surface area (Å²) in [6.07, 6.45) is 0. The van der Waals surface area contributed by atoms with Crippen molar-refractivity contribution in [3.63, 3.8) is 0 Å². The van der Waals surface area contributed by atoms with Crippen molar-refractivity contribution >= 4 is 25.9 Å². The van der Waals surface area contributed by atoms with Gasteiger partial charge in [0.1, 0.15) is 0 Å². The number of ether oxygens (including phenoxy) is 1. The van der Waals surface area contributed by atoms with Crippen LogP contribution in [-0.4, -0.2) is 39.1 Å². The molecule has 3 nitrogen and oxygen atoms in total. The summed E-state index contributed by atoms with van der Waals surface area (Å²) in [5.74, 6) is 0. The lowest BCUT2D eigenvalue weighted by Gasteiger charge is -2.38. The Kier molecular flexibility index (Phi) is 7.43. The molecule has 0 aliphatic heterocycles. The van der Waals surface area contributed by atoms with E-state index < -0.39 is 25.9 Å². The van der Waals surface area contributed by atoms with E-state index in [1.165, 1.54) is 0 Å². The van der Waals surface area contributed by atoms with Crippen LogP contribution in [0.4, 0.5) is 0 Å². The van der Waals surface area contributed by atoms with E-state index in [2.05, 4.69) is 46.2 Å². The van der Waals surface area contributed by atoms with Gasteiger partial charge in [-0.25, -0.2) is 0 Å². The first-order valence-corrected chi connectivity index (χ1v) is 15.1. The average molecular weight is 295 g/mol. The van der Waals surface area contributed by atoms with E-state index in [0.717, 1.165) is 13.2 Å². The molecule has 0 fully saturated rings. The number of rotatable bonds is 8. The summed E-state index contributed by atoms with van der Waals surface area (Å²) in [6.45, 7) is 19.2. The van der Waals surface area contributed by atoms with Gasteiger partial charge in [0.05, 0.1) is 0 Å². The van der Waals surface area contributed by atoms with Crippen LogP contribution in [0.3, 0.4) is 0 Å². The molecule has 0 saturated heterocycles. The van der Waals surface area contributed by atoms with Crippen molar-refractivity contribution in [2.24, 2.45) is 0 Å². The third-order valence-corrected chi connectivity index (χ3v) is 13.6. The molecule has 0 aromatic heterocycles. The molecule has 0 rings (SSSR count). The Labute approximate surface area is 111 Å². The van der Waals surface area contributed by atoms with Gasteiger partial charge in [-0.3, -0.25) is 0 Å². The molecule has 0 N–H and O–H groups in total. The third-order valence-electron chi connectivity index (χ3n) is 2.79. The second-order valence-corrected chi connectivity index (χ2v) is 16.7. The highest BCUT2D eigenvalue weighted by Gasteiger charge is 2.38. The van der Waals surface area contributed by atoms with Gasteiger partial charge < -0.3 is 13.0 Å². The molecule has 0 aliphatic carbocycles. The van der Waals surface area contributed by atoms with Gasteiger partial charge in [-0.1, -0.05) is 6.92 Å². The van der Waals surface area contributed by atoms with Crippen LogP contribution in [0.15, 0.2) is 0 Å². The van der Waals surface area contributed by atoms with E-state index in [4.69, 9.17) is 13.0 Å². The molecule has 0 amide bonds. The zero-order chi connectivity index (χ0) is 13.7. The SMILES string of the molecule is CCOC[C@H](C)[Si](C)(C)O[Si](C)(C)O[SiH](C)C. The van der Waals surface area contributed by atoms with Crippen LogP contribution in [0, 0.1) is 0 Å². The average Bonchev–Trinajstić information content (AvgIpc) is 2.09. The Morgan fingerprint density at radius 1 is 1.12 bits per heavy atom. The molecule has 0 unspecified atom stereocenters. The van der Waals surface area contributed by atoms with Crippen LogP contribution >= 0.6 is 0 Å². The molecule has 0 aliphatic rings. The molecule has 0 heterocycles. The summed E-state index contributed by atoms with van der Waals surface area (Å²) < 4.78 is 18.0. The predicted octanol–water partition coefficient (Wildman–Crippen LogP) is 3.34. The third kappa shape index (κ3) is 7.53. The van der Waals surface area contributed by atoms with Crippen LogP contribution in [0.5, 0.6) is 0 Å². The van der Waals surface area contributed by atoms with Gasteiger partial charge >= 0.3 is 8.56 Å². The minimum Gasteiger partial charge on any atom is -0.440 e. The fourth-order valence-corrected chi connectivity index (χ4v) is 13.4. The molecule has 0 saturated carbocycles. The fourth-order valence-electron chi connectivity index (χ4n) is 1.82. The maximum Gasteiger partial charge on any atom is 0.310 e. The first-order valence-electron chi connectivity index (χ1n) is 6.56. The van der Waals surface area contributed by atoms with Crippen LogP contribution in [-0.2, 0) is 13.0 Å². The first-order chi connectivity index (χ1) is 7.60. The van der Waals surface area contributed by atoms with Crippen molar-refractivity contribution < 1.29 is 13.0 Å². The van der Waals surface area contributed by atoms with Crippen LogP contribution in [0.1, 0.15) is 13.8 Å². The first kappa shape index (κ1) is 17.5. The second kappa shape index (κ2) is 7.20. The second-order valence-electron chi connectivity index (χ2n) is 5.83. The molecule has 0 radical (unpaired) electrons. The number of hydrogen-bond donors (Lipinski definition) is 0. The van der Waals surface area contributed by atoms with Gasteiger partial charge in [-0.15, -0.1) is 0 Å². The molecule has 0 aromatic rings. The maximum absolute atomic E-state index is 6.41. The Bertz CT molecular complexity index is 220. The minimum absolute atomic E-state index is 0.506. The van der Waals surface area contributed by atoms with Gasteiger partial charge in [0.15, 0.2) is 17.4 Å². The zero-order valence-electron chi connectivity index (χ0n) is 12.8.